The predicted molar refractivity (Wildman–Crippen MR) is 112 cm³/mol. The van der Waals surface area contributed by atoms with E-state index in [-0.39, 0.29) is 17.6 Å². The molecule has 3 rings (SSSR count). The van der Waals surface area contributed by atoms with E-state index < -0.39 is 5.41 Å². The third kappa shape index (κ3) is 4.35. The van der Waals surface area contributed by atoms with Crippen molar-refractivity contribution in [3.05, 3.63) is 69.5 Å². The Bertz CT molecular complexity index is 843. The highest BCUT2D eigenvalue weighted by atomic mass is 35.5. The van der Waals surface area contributed by atoms with Gasteiger partial charge in [-0.2, -0.15) is 0 Å². The van der Waals surface area contributed by atoms with Crippen molar-refractivity contribution in [2.24, 2.45) is 5.92 Å². The first kappa shape index (κ1) is 21.1. The Balaban J connectivity index is 1.83. The molecule has 28 heavy (non-hydrogen) atoms. The lowest BCUT2D eigenvalue weighted by Gasteiger charge is -2.26. The maximum absolute atomic E-state index is 13.5. The predicted octanol–water partition coefficient (Wildman–Crippen LogP) is 5.05. The molecule has 1 fully saturated rings. The second-order valence-electron chi connectivity index (χ2n) is 7.49. The molecule has 0 radical (unpaired) electrons. The average Bonchev–Trinajstić information content (AvgIpc) is 3.40. The van der Waals surface area contributed by atoms with Crippen LogP contribution in [0.2, 0.25) is 10.0 Å². The molecule has 6 heteroatoms. The van der Waals surface area contributed by atoms with Crippen LogP contribution in [0, 0.1) is 11.7 Å². The van der Waals surface area contributed by atoms with E-state index in [0.29, 0.717) is 16.6 Å². The number of benzene rings is 2. The van der Waals surface area contributed by atoms with Crippen LogP contribution in [-0.2, 0) is 16.8 Å². The molecular formula is C22H25Cl2FN2O. The Hall–Kier alpha value is -1.62. The third-order valence-electron chi connectivity index (χ3n) is 5.42. The summed E-state index contributed by atoms with van der Waals surface area (Å²) in [6.07, 6.45) is 1.82. The van der Waals surface area contributed by atoms with Crippen LogP contribution in [0.4, 0.5) is 4.39 Å². The summed E-state index contributed by atoms with van der Waals surface area (Å²) in [5, 5.41) is 4.36. The zero-order chi connectivity index (χ0) is 20.3. The molecule has 0 heterocycles. The second-order valence-corrected chi connectivity index (χ2v) is 8.31. The number of nitrogens with zero attached hydrogens (tertiary/aromatic N) is 1. The van der Waals surface area contributed by atoms with Gasteiger partial charge in [-0.25, -0.2) is 4.39 Å². The van der Waals surface area contributed by atoms with Crippen LogP contribution in [0.15, 0.2) is 42.5 Å². The smallest absolute Gasteiger partial charge is 0.233 e. The van der Waals surface area contributed by atoms with Gasteiger partial charge in [0.05, 0.1) is 15.5 Å². The van der Waals surface area contributed by atoms with Crippen LogP contribution < -0.4 is 5.32 Å². The molecule has 3 nitrogen and oxygen atoms in total. The summed E-state index contributed by atoms with van der Waals surface area (Å²) in [4.78, 5) is 15.2. The normalized spacial score (nSPS) is 20.8. The van der Waals surface area contributed by atoms with E-state index in [0.717, 1.165) is 37.1 Å². The maximum atomic E-state index is 13.5. The number of nitrogens with one attached hydrogen (secondary N) is 1. The Morgan fingerprint density at radius 2 is 1.93 bits per heavy atom. The zero-order valence-electron chi connectivity index (χ0n) is 16.1. The van der Waals surface area contributed by atoms with Crippen molar-refractivity contribution in [2.75, 3.05) is 20.1 Å². The van der Waals surface area contributed by atoms with E-state index in [9.17, 15) is 9.18 Å². The third-order valence-corrected chi connectivity index (χ3v) is 6.16. The van der Waals surface area contributed by atoms with Crippen molar-refractivity contribution in [3.8, 4) is 0 Å². The van der Waals surface area contributed by atoms with Crippen molar-refractivity contribution in [3.63, 3.8) is 0 Å². The molecule has 2 aromatic rings. The molecule has 150 valence electrons. The quantitative estimate of drug-likeness (QED) is 0.603. The number of carbonyl (C=O) groups excluding carboxylic acids is 1. The summed E-state index contributed by atoms with van der Waals surface area (Å²) < 4.78 is 13.2. The van der Waals surface area contributed by atoms with Gasteiger partial charge in [-0.15, -0.1) is 0 Å². The van der Waals surface area contributed by atoms with Gasteiger partial charge < -0.3 is 10.2 Å². The number of likely N-dealkylation sites (N-methyl/N-ethyl adjacent to an activating group) is 1. The first-order chi connectivity index (χ1) is 13.4. The van der Waals surface area contributed by atoms with E-state index in [1.165, 1.54) is 12.1 Å². The zero-order valence-corrected chi connectivity index (χ0v) is 17.7. The molecule has 0 unspecified atom stereocenters. The number of halogens is 3. The summed E-state index contributed by atoms with van der Waals surface area (Å²) in [6, 6.07) is 11.7. The van der Waals surface area contributed by atoms with Crippen LogP contribution in [0.5, 0.6) is 0 Å². The van der Waals surface area contributed by atoms with Crippen LogP contribution in [0.1, 0.15) is 30.9 Å². The number of hydrogen-bond acceptors (Lipinski definition) is 2. The van der Waals surface area contributed by atoms with E-state index in [2.05, 4.69) is 12.2 Å². The molecule has 1 aliphatic rings. The standard InChI is InChI=1S/C22H25Cl2FN2O/c1-3-10-26-13-17-12-22(17,16-6-9-19(23)20(24)11-16)21(28)27(2)14-15-4-7-18(25)8-5-15/h4-9,11,17,26H,3,10,12-14H2,1-2H3/t17-,22+/m0/s1. The first-order valence-electron chi connectivity index (χ1n) is 9.54. The highest BCUT2D eigenvalue weighted by Gasteiger charge is 2.61. The van der Waals surface area contributed by atoms with Crippen molar-refractivity contribution in [1.29, 1.82) is 0 Å². The largest absolute Gasteiger partial charge is 0.341 e. The molecule has 0 aromatic heterocycles. The Labute approximate surface area is 175 Å². The SMILES string of the molecule is CCCNC[C@@H]1C[C@@]1(C(=O)N(C)Cc1ccc(F)cc1)c1ccc(Cl)c(Cl)c1. The molecule has 0 aliphatic heterocycles. The Morgan fingerprint density at radius 1 is 1.21 bits per heavy atom. The lowest BCUT2D eigenvalue weighted by Crippen LogP contribution is -2.38. The van der Waals surface area contributed by atoms with Crippen LogP contribution in [0.3, 0.4) is 0 Å². The molecule has 0 bridgehead atoms. The van der Waals surface area contributed by atoms with E-state index in [1.807, 2.05) is 12.1 Å². The van der Waals surface area contributed by atoms with Crippen molar-refractivity contribution in [2.45, 2.75) is 31.7 Å². The van der Waals surface area contributed by atoms with Crippen LogP contribution in [-0.4, -0.2) is 30.9 Å². The van der Waals surface area contributed by atoms with Gasteiger partial charge >= 0.3 is 0 Å². The highest BCUT2D eigenvalue weighted by molar-refractivity contribution is 6.42. The number of carbonyl (C=O) groups is 1. The molecule has 2 atom stereocenters. The van der Waals surface area contributed by atoms with Crippen LogP contribution in [0.25, 0.3) is 0 Å². The molecule has 0 saturated heterocycles. The number of rotatable bonds is 8. The summed E-state index contributed by atoms with van der Waals surface area (Å²) >= 11 is 12.3. The fourth-order valence-corrected chi connectivity index (χ4v) is 4.12. The van der Waals surface area contributed by atoms with Crippen molar-refractivity contribution in [1.82, 2.24) is 10.2 Å². The lowest BCUT2D eigenvalue weighted by molar-refractivity contribution is -0.133. The summed E-state index contributed by atoms with van der Waals surface area (Å²) in [5.74, 6) is -0.0211. The second kappa shape index (κ2) is 8.81. The summed E-state index contributed by atoms with van der Waals surface area (Å²) in [7, 11) is 1.79. The molecule has 2 aromatic carbocycles. The minimum absolute atomic E-state index is 0.0542. The van der Waals surface area contributed by atoms with Gasteiger partial charge in [0.25, 0.3) is 0 Å². The first-order valence-corrected chi connectivity index (χ1v) is 10.3. The molecule has 1 aliphatic carbocycles. The van der Waals surface area contributed by atoms with E-state index in [4.69, 9.17) is 23.2 Å². The molecule has 1 N–H and O–H groups in total. The van der Waals surface area contributed by atoms with Gasteiger partial charge in [-0.1, -0.05) is 48.3 Å². The van der Waals surface area contributed by atoms with E-state index in [1.54, 1.807) is 30.1 Å². The molecule has 1 amide bonds. The Kier molecular flexibility index (Phi) is 6.64. The molecule has 1 saturated carbocycles. The monoisotopic (exact) mass is 422 g/mol. The summed E-state index contributed by atoms with van der Waals surface area (Å²) in [5.41, 5.74) is 1.20. The van der Waals surface area contributed by atoms with Gasteiger partial charge in [0.2, 0.25) is 5.91 Å². The van der Waals surface area contributed by atoms with Gasteiger partial charge in [0.1, 0.15) is 5.82 Å². The molecule has 0 spiro atoms. The highest BCUT2D eigenvalue weighted by Crippen LogP contribution is 2.55. The fraction of sp³-hybridized carbons (Fsp3) is 0.409. The minimum Gasteiger partial charge on any atom is -0.341 e. The molecular weight excluding hydrogens is 398 g/mol. The number of hydrogen-bond donors (Lipinski definition) is 1. The lowest BCUT2D eigenvalue weighted by atomic mass is 9.91. The Morgan fingerprint density at radius 3 is 2.57 bits per heavy atom. The minimum atomic E-state index is -0.594. The number of amides is 1. The fourth-order valence-electron chi connectivity index (χ4n) is 3.82. The van der Waals surface area contributed by atoms with Crippen LogP contribution >= 0.6 is 23.2 Å². The summed E-state index contributed by atoms with van der Waals surface area (Å²) in [6.45, 7) is 4.25. The topological polar surface area (TPSA) is 32.3 Å². The van der Waals surface area contributed by atoms with Gasteiger partial charge in [0, 0.05) is 13.6 Å². The van der Waals surface area contributed by atoms with E-state index >= 15 is 0 Å². The average molecular weight is 423 g/mol. The van der Waals surface area contributed by atoms with Crippen molar-refractivity contribution >= 4 is 29.1 Å². The maximum Gasteiger partial charge on any atom is 0.233 e. The van der Waals surface area contributed by atoms with Gasteiger partial charge in [-0.05, 0) is 67.2 Å². The van der Waals surface area contributed by atoms with Gasteiger partial charge in [0.15, 0.2) is 0 Å². The van der Waals surface area contributed by atoms with Gasteiger partial charge in [-0.3, -0.25) is 4.79 Å². The van der Waals surface area contributed by atoms with Crippen molar-refractivity contribution < 1.29 is 9.18 Å².